The highest BCUT2D eigenvalue weighted by Crippen LogP contribution is 2.64. The lowest BCUT2D eigenvalue weighted by Gasteiger charge is -2.43. The van der Waals surface area contributed by atoms with Crippen LogP contribution >= 0.6 is 7.82 Å². The smallest absolute Gasteiger partial charge is 0.369 e. The van der Waals surface area contributed by atoms with Crippen LogP contribution in [-0.2, 0) is 19.1 Å². The van der Waals surface area contributed by atoms with E-state index in [1.807, 2.05) is 0 Å². The Labute approximate surface area is 211 Å². The molecule has 0 saturated heterocycles. The van der Waals surface area contributed by atoms with Gasteiger partial charge in [-0.15, -0.1) is 0 Å². The number of nitrogens with zero attached hydrogens (tertiary/aromatic N) is 1. The molecule has 0 aromatic carbocycles. The maximum Gasteiger partial charge on any atom is 0.469 e. The zero-order valence-corrected chi connectivity index (χ0v) is 21.1. The van der Waals surface area contributed by atoms with Gasteiger partial charge in [-0.2, -0.15) is 78.9 Å². The second-order valence-electron chi connectivity index (χ2n) is 6.78. The Balaban J connectivity index is -0.00000684. The molecule has 0 fully saturated rings. The van der Waals surface area contributed by atoms with Gasteiger partial charge in [0.05, 0.1) is 6.61 Å². The Hall–Kier alpha value is -1.25. The molecule has 0 aliphatic heterocycles. The van der Waals surface area contributed by atoms with Gasteiger partial charge in [-0.25, -0.2) is 13.0 Å². The van der Waals surface area contributed by atoms with Gasteiger partial charge in [0.1, 0.15) is 0 Å². The third-order valence-corrected chi connectivity index (χ3v) is 6.85. The standard InChI is InChI=1S/C12H11F17NO6PS.2H3N/c1-2-30(3-4-36-37(31,32)33)38(34,35)12(28,29)10(23,24)8(19,20)6(15,16)5(13,14)7(17,18)9(21,22)11(25,26)27;;/h2-4H2,1H3,(H2,31,32,33);2*1H3/p+2. The molecule has 0 aliphatic carbocycles. The fourth-order valence-electron chi connectivity index (χ4n) is 2.18. The molecule has 0 heterocycles. The summed E-state index contributed by atoms with van der Waals surface area (Å²) in [5.41, 5.74) is 0. The molecule has 246 valence electrons. The van der Waals surface area contributed by atoms with E-state index in [1.54, 1.807) is 0 Å². The van der Waals surface area contributed by atoms with Crippen molar-refractivity contribution in [2.45, 2.75) is 53.9 Å². The van der Waals surface area contributed by atoms with Crippen molar-refractivity contribution < 1.29 is 102 Å². The van der Waals surface area contributed by atoms with Crippen LogP contribution in [-0.4, -0.2) is 89.2 Å². The van der Waals surface area contributed by atoms with Crippen molar-refractivity contribution in [1.82, 2.24) is 16.6 Å². The first kappa shape index (κ1) is 43.2. The first-order valence-electron chi connectivity index (χ1n) is 8.58. The zero-order valence-electron chi connectivity index (χ0n) is 19.4. The van der Waals surface area contributed by atoms with Gasteiger partial charge in [0, 0.05) is 13.1 Å². The van der Waals surface area contributed by atoms with Crippen LogP contribution in [0.5, 0.6) is 0 Å². The van der Waals surface area contributed by atoms with Gasteiger partial charge in [-0.1, -0.05) is 6.92 Å². The van der Waals surface area contributed by atoms with Gasteiger partial charge in [0.15, 0.2) is 0 Å². The van der Waals surface area contributed by atoms with Crippen LogP contribution in [0.3, 0.4) is 0 Å². The molecule has 0 aliphatic rings. The van der Waals surface area contributed by atoms with E-state index < -0.39 is 88.8 Å². The van der Waals surface area contributed by atoms with Crippen molar-refractivity contribution in [3.8, 4) is 0 Å². The molecule has 0 bridgehead atoms. The number of hydrogen-bond donors (Lipinski definition) is 4. The molecule has 10 N–H and O–H groups in total. The van der Waals surface area contributed by atoms with E-state index in [1.165, 1.54) is 0 Å². The van der Waals surface area contributed by atoms with Crippen molar-refractivity contribution in [3.05, 3.63) is 0 Å². The van der Waals surface area contributed by atoms with E-state index in [0.29, 0.717) is 6.92 Å². The summed E-state index contributed by atoms with van der Waals surface area (Å²) in [6, 6.07) is 0. The highest BCUT2D eigenvalue weighted by molar-refractivity contribution is 7.90. The predicted octanol–water partition coefficient (Wildman–Crippen LogP) is 5.47. The van der Waals surface area contributed by atoms with Crippen LogP contribution in [0.25, 0.3) is 0 Å². The molecule has 0 radical (unpaired) electrons. The molecule has 9 nitrogen and oxygen atoms in total. The van der Waals surface area contributed by atoms with Crippen LogP contribution in [0.1, 0.15) is 6.92 Å². The third-order valence-electron chi connectivity index (χ3n) is 4.31. The second-order valence-corrected chi connectivity index (χ2v) is 10.0. The summed E-state index contributed by atoms with van der Waals surface area (Å²) < 4.78 is 262. The maximum atomic E-state index is 14.1. The van der Waals surface area contributed by atoms with E-state index in [-0.39, 0.29) is 12.3 Å². The second kappa shape index (κ2) is 11.8. The van der Waals surface area contributed by atoms with Crippen LogP contribution in [0.15, 0.2) is 0 Å². The van der Waals surface area contributed by atoms with Gasteiger partial charge in [-0.3, -0.25) is 4.52 Å². The van der Waals surface area contributed by atoms with E-state index in [0.717, 1.165) is 0 Å². The zero-order chi connectivity index (χ0) is 31.4. The lowest BCUT2D eigenvalue weighted by molar-refractivity contribution is -0.458. The molecule has 0 atom stereocenters. The summed E-state index contributed by atoms with van der Waals surface area (Å²) >= 11 is 0. The first-order chi connectivity index (χ1) is 16.2. The highest BCUT2D eigenvalue weighted by atomic mass is 32.2. The minimum atomic E-state index is -8.96. The molecule has 0 saturated carbocycles. The monoisotopic (exact) mass is 687 g/mol. The molecule has 0 rings (SSSR count). The number of likely N-dealkylation sites (N-methyl/N-ethyl adjacent to an activating group) is 1. The van der Waals surface area contributed by atoms with Gasteiger partial charge in [-0.05, 0) is 0 Å². The largest absolute Gasteiger partial charge is 0.469 e. The van der Waals surface area contributed by atoms with Crippen LogP contribution in [0.4, 0.5) is 74.6 Å². The van der Waals surface area contributed by atoms with Gasteiger partial charge < -0.3 is 22.1 Å². The fraction of sp³-hybridized carbons (Fsp3) is 1.00. The number of phosphoric ester groups is 1. The number of hydrogen-bond acceptors (Lipinski definition) is 4. The summed E-state index contributed by atoms with van der Waals surface area (Å²) in [7, 11) is -13.1. The fourth-order valence-corrected chi connectivity index (χ4v) is 3.93. The number of halogens is 17. The molecular formula is C12H19F17N3O6PS+2. The minimum Gasteiger partial charge on any atom is -0.369 e. The summed E-state index contributed by atoms with van der Waals surface area (Å²) in [6.07, 6.45) is -7.93. The molecule has 0 unspecified atom stereocenters. The molecular weight excluding hydrogens is 668 g/mol. The summed E-state index contributed by atoms with van der Waals surface area (Å²) in [6.45, 7) is -4.73. The molecule has 40 heavy (non-hydrogen) atoms. The van der Waals surface area contributed by atoms with E-state index in [4.69, 9.17) is 9.79 Å². The van der Waals surface area contributed by atoms with Crippen LogP contribution in [0, 0.1) is 0 Å². The van der Waals surface area contributed by atoms with Gasteiger partial charge >= 0.3 is 54.8 Å². The topological polar surface area (TPSA) is 177 Å². The Morgan fingerprint density at radius 1 is 0.650 bits per heavy atom. The Morgan fingerprint density at radius 3 is 1.23 bits per heavy atom. The third kappa shape index (κ3) is 6.39. The Morgan fingerprint density at radius 2 is 0.950 bits per heavy atom. The number of phosphoric acid groups is 1. The molecule has 0 aromatic heterocycles. The molecule has 0 spiro atoms. The summed E-state index contributed by atoms with van der Waals surface area (Å²) in [4.78, 5) is 16.7. The van der Waals surface area contributed by atoms with E-state index in [9.17, 15) is 87.6 Å². The van der Waals surface area contributed by atoms with Crippen LogP contribution < -0.4 is 12.3 Å². The van der Waals surface area contributed by atoms with Crippen molar-refractivity contribution >= 4 is 17.8 Å². The molecule has 28 heteroatoms. The van der Waals surface area contributed by atoms with Crippen molar-refractivity contribution in [2.75, 3.05) is 19.7 Å². The van der Waals surface area contributed by atoms with Crippen molar-refractivity contribution in [2.24, 2.45) is 0 Å². The van der Waals surface area contributed by atoms with E-state index >= 15 is 0 Å². The number of sulfonamides is 1. The number of quaternary nitrogens is 2. The lowest BCUT2D eigenvalue weighted by Crippen LogP contribution is -2.75. The number of rotatable bonds is 13. The normalized spacial score (nSPS) is 15.5. The molecule has 0 amide bonds. The Bertz CT molecular complexity index is 1020. The van der Waals surface area contributed by atoms with E-state index in [2.05, 4.69) is 4.52 Å². The quantitative estimate of drug-likeness (QED) is 0.148. The number of alkyl halides is 17. The maximum absolute atomic E-state index is 14.1. The van der Waals surface area contributed by atoms with Crippen molar-refractivity contribution in [3.63, 3.8) is 0 Å². The Kier molecular flexibility index (Phi) is 12.7. The minimum absolute atomic E-state index is 0. The highest BCUT2D eigenvalue weighted by Gasteiger charge is 2.96. The average Bonchev–Trinajstić information content (AvgIpc) is 2.68. The van der Waals surface area contributed by atoms with Crippen molar-refractivity contribution in [1.29, 1.82) is 0 Å². The summed E-state index contributed by atoms with van der Waals surface area (Å²) in [5, 5.41) is -7.76. The van der Waals surface area contributed by atoms with Crippen LogP contribution in [0.2, 0.25) is 0 Å². The lowest BCUT2D eigenvalue weighted by atomic mass is 9.91. The summed E-state index contributed by atoms with van der Waals surface area (Å²) in [5.74, 6) is -52.3. The molecule has 0 aromatic rings. The average molecular weight is 687 g/mol. The van der Waals surface area contributed by atoms with Gasteiger partial charge in [0.2, 0.25) is 0 Å². The first-order valence-corrected chi connectivity index (χ1v) is 11.5. The SMILES string of the molecule is CCN(CCOP(=O)(O)O)S(=O)(=O)C(F)(F)C(F)(F)C(F)(F)C(F)(F)C(F)(F)C(F)(F)C(F)(F)C(F)(F)F.[NH4+].[NH4+]. The van der Waals surface area contributed by atoms with Gasteiger partial charge in [0.25, 0.3) is 10.0 Å². The predicted molar refractivity (Wildman–Crippen MR) is 96.8 cm³/mol.